The first-order chi connectivity index (χ1) is 8.06. The highest BCUT2D eigenvalue weighted by Crippen LogP contribution is 2.47. The standard InChI is InChI=1S/C13H17FN2O/c1-2-13(5-6-13)8-16-12(17)10-4-3-9(15)7-11(10)14/h3-4,7H,2,5-6,8,15H2,1H3,(H,16,17). The van der Waals surface area contributed by atoms with Crippen molar-refractivity contribution >= 4 is 11.6 Å². The van der Waals surface area contributed by atoms with Crippen LogP contribution in [-0.2, 0) is 0 Å². The fraction of sp³-hybridized carbons (Fsp3) is 0.462. The zero-order valence-electron chi connectivity index (χ0n) is 9.92. The lowest BCUT2D eigenvalue weighted by Crippen LogP contribution is -2.30. The minimum absolute atomic E-state index is 0.0612. The molecule has 0 spiro atoms. The second-order valence-corrected chi connectivity index (χ2v) is 4.78. The van der Waals surface area contributed by atoms with E-state index in [1.807, 2.05) is 0 Å². The topological polar surface area (TPSA) is 55.1 Å². The molecule has 1 aromatic carbocycles. The van der Waals surface area contributed by atoms with E-state index in [0.717, 1.165) is 19.3 Å². The molecule has 0 unspecified atom stereocenters. The van der Waals surface area contributed by atoms with Crippen LogP contribution < -0.4 is 11.1 Å². The van der Waals surface area contributed by atoms with Crippen LogP contribution in [0.4, 0.5) is 10.1 Å². The van der Waals surface area contributed by atoms with Gasteiger partial charge in [-0.1, -0.05) is 6.92 Å². The first-order valence-electron chi connectivity index (χ1n) is 5.89. The number of carbonyl (C=O) groups excluding carboxylic acids is 1. The molecule has 3 N–H and O–H groups in total. The van der Waals surface area contributed by atoms with Gasteiger partial charge in [-0.2, -0.15) is 0 Å². The number of benzene rings is 1. The molecule has 1 aliphatic carbocycles. The Bertz CT molecular complexity index is 441. The van der Waals surface area contributed by atoms with Crippen molar-refractivity contribution in [3.63, 3.8) is 0 Å². The Morgan fingerprint density at radius 3 is 2.76 bits per heavy atom. The number of hydrogen-bond acceptors (Lipinski definition) is 2. The molecule has 0 aliphatic heterocycles. The first-order valence-corrected chi connectivity index (χ1v) is 5.89. The molecule has 2 rings (SSSR count). The number of amides is 1. The van der Waals surface area contributed by atoms with E-state index >= 15 is 0 Å². The average molecular weight is 236 g/mol. The third-order valence-corrected chi connectivity index (χ3v) is 3.57. The lowest BCUT2D eigenvalue weighted by Gasteiger charge is -2.13. The van der Waals surface area contributed by atoms with E-state index < -0.39 is 5.82 Å². The molecule has 0 bridgehead atoms. The van der Waals surface area contributed by atoms with E-state index in [1.165, 1.54) is 18.2 Å². The summed E-state index contributed by atoms with van der Waals surface area (Å²) in [5.74, 6) is -0.925. The van der Waals surface area contributed by atoms with Gasteiger partial charge in [0.15, 0.2) is 0 Å². The predicted molar refractivity (Wildman–Crippen MR) is 65.1 cm³/mol. The summed E-state index contributed by atoms with van der Waals surface area (Å²) in [6, 6.07) is 4.12. The van der Waals surface area contributed by atoms with Crippen LogP contribution in [0.3, 0.4) is 0 Å². The highest BCUT2D eigenvalue weighted by Gasteiger charge is 2.40. The molecule has 1 amide bonds. The predicted octanol–water partition coefficient (Wildman–Crippen LogP) is 2.33. The summed E-state index contributed by atoms with van der Waals surface area (Å²) in [6.45, 7) is 2.75. The Balaban J connectivity index is 2.00. The highest BCUT2D eigenvalue weighted by molar-refractivity contribution is 5.94. The van der Waals surface area contributed by atoms with Crippen LogP contribution >= 0.6 is 0 Å². The summed E-state index contributed by atoms with van der Waals surface area (Å²) in [6.07, 6.45) is 3.35. The van der Waals surface area contributed by atoms with Crippen LogP contribution in [0.5, 0.6) is 0 Å². The molecular formula is C13H17FN2O. The molecule has 4 heteroatoms. The van der Waals surface area contributed by atoms with E-state index in [-0.39, 0.29) is 16.9 Å². The van der Waals surface area contributed by atoms with Gasteiger partial charge >= 0.3 is 0 Å². The van der Waals surface area contributed by atoms with Gasteiger partial charge in [-0.05, 0) is 42.9 Å². The van der Waals surface area contributed by atoms with Gasteiger partial charge < -0.3 is 11.1 Å². The monoisotopic (exact) mass is 236 g/mol. The minimum Gasteiger partial charge on any atom is -0.399 e. The average Bonchev–Trinajstić information content (AvgIpc) is 3.07. The number of nitrogens with two attached hydrogens (primary N) is 1. The number of rotatable bonds is 4. The van der Waals surface area contributed by atoms with Crippen LogP contribution in [0.25, 0.3) is 0 Å². The number of nitrogen functional groups attached to an aromatic ring is 1. The number of carbonyl (C=O) groups is 1. The Morgan fingerprint density at radius 2 is 2.24 bits per heavy atom. The molecule has 3 nitrogen and oxygen atoms in total. The molecule has 1 fully saturated rings. The number of anilines is 1. The van der Waals surface area contributed by atoms with E-state index in [9.17, 15) is 9.18 Å². The van der Waals surface area contributed by atoms with Gasteiger partial charge in [0.1, 0.15) is 5.82 Å². The van der Waals surface area contributed by atoms with E-state index in [4.69, 9.17) is 5.73 Å². The molecular weight excluding hydrogens is 219 g/mol. The minimum atomic E-state index is -0.566. The van der Waals surface area contributed by atoms with Gasteiger partial charge in [-0.3, -0.25) is 4.79 Å². The van der Waals surface area contributed by atoms with Gasteiger partial charge in [-0.25, -0.2) is 4.39 Å². The summed E-state index contributed by atoms with van der Waals surface area (Å²) in [5.41, 5.74) is 6.08. The largest absolute Gasteiger partial charge is 0.399 e. The lowest BCUT2D eigenvalue weighted by atomic mass is 10.0. The van der Waals surface area contributed by atoms with E-state index in [2.05, 4.69) is 12.2 Å². The van der Waals surface area contributed by atoms with Gasteiger partial charge in [0.25, 0.3) is 5.91 Å². The Kier molecular flexibility index (Phi) is 3.05. The first kappa shape index (κ1) is 11.9. The molecule has 0 saturated heterocycles. The number of nitrogens with one attached hydrogen (secondary N) is 1. The third kappa shape index (κ3) is 2.57. The van der Waals surface area contributed by atoms with Gasteiger partial charge in [0.05, 0.1) is 5.56 Å². The van der Waals surface area contributed by atoms with E-state index in [0.29, 0.717) is 12.2 Å². The molecule has 1 saturated carbocycles. The second-order valence-electron chi connectivity index (χ2n) is 4.78. The normalized spacial score (nSPS) is 16.6. The summed E-state index contributed by atoms with van der Waals surface area (Å²) in [5, 5.41) is 2.79. The van der Waals surface area contributed by atoms with Gasteiger partial charge in [-0.15, -0.1) is 0 Å². The van der Waals surface area contributed by atoms with Crippen LogP contribution in [0.1, 0.15) is 36.5 Å². The zero-order valence-corrected chi connectivity index (χ0v) is 9.92. The summed E-state index contributed by atoms with van der Waals surface area (Å²) in [7, 11) is 0. The van der Waals surface area contributed by atoms with Crippen LogP contribution in [0, 0.1) is 11.2 Å². The van der Waals surface area contributed by atoms with Crippen LogP contribution in [-0.4, -0.2) is 12.5 Å². The molecule has 1 aromatic rings. The SMILES string of the molecule is CCC1(CNC(=O)c2ccc(N)cc2F)CC1. The number of hydrogen-bond donors (Lipinski definition) is 2. The number of halogens is 1. The van der Waals surface area contributed by atoms with Crippen molar-refractivity contribution in [1.82, 2.24) is 5.32 Å². The summed E-state index contributed by atoms with van der Waals surface area (Å²) < 4.78 is 13.5. The molecule has 0 radical (unpaired) electrons. The lowest BCUT2D eigenvalue weighted by molar-refractivity contribution is 0.0940. The molecule has 0 aromatic heterocycles. The van der Waals surface area contributed by atoms with Crippen molar-refractivity contribution in [2.45, 2.75) is 26.2 Å². The molecule has 1 aliphatic rings. The van der Waals surface area contributed by atoms with Crippen molar-refractivity contribution < 1.29 is 9.18 Å². The molecule has 92 valence electrons. The van der Waals surface area contributed by atoms with Crippen molar-refractivity contribution in [3.8, 4) is 0 Å². The maximum absolute atomic E-state index is 13.5. The van der Waals surface area contributed by atoms with Gasteiger partial charge in [0, 0.05) is 12.2 Å². The fourth-order valence-electron chi connectivity index (χ4n) is 1.91. The zero-order chi connectivity index (χ0) is 12.5. The van der Waals surface area contributed by atoms with Crippen molar-refractivity contribution in [3.05, 3.63) is 29.6 Å². The third-order valence-electron chi connectivity index (χ3n) is 3.57. The Morgan fingerprint density at radius 1 is 1.53 bits per heavy atom. The van der Waals surface area contributed by atoms with Crippen LogP contribution in [0.15, 0.2) is 18.2 Å². The summed E-state index contributed by atoms with van der Waals surface area (Å²) in [4.78, 5) is 11.8. The van der Waals surface area contributed by atoms with E-state index in [1.54, 1.807) is 0 Å². The Labute approximate surface area is 100 Å². The highest BCUT2D eigenvalue weighted by atomic mass is 19.1. The van der Waals surface area contributed by atoms with Crippen molar-refractivity contribution in [1.29, 1.82) is 0 Å². The van der Waals surface area contributed by atoms with Crippen molar-refractivity contribution in [2.24, 2.45) is 5.41 Å². The van der Waals surface area contributed by atoms with Crippen LogP contribution in [0.2, 0.25) is 0 Å². The summed E-state index contributed by atoms with van der Waals surface area (Å²) >= 11 is 0. The maximum atomic E-state index is 13.5. The molecule has 0 atom stereocenters. The Hall–Kier alpha value is -1.58. The molecule has 17 heavy (non-hydrogen) atoms. The van der Waals surface area contributed by atoms with Gasteiger partial charge in [0.2, 0.25) is 0 Å². The quantitative estimate of drug-likeness (QED) is 0.788. The fourth-order valence-corrected chi connectivity index (χ4v) is 1.91. The maximum Gasteiger partial charge on any atom is 0.254 e. The smallest absolute Gasteiger partial charge is 0.254 e. The second kappa shape index (κ2) is 4.35. The molecule has 0 heterocycles. The van der Waals surface area contributed by atoms with Crippen molar-refractivity contribution in [2.75, 3.05) is 12.3 Å².